The van der Waals surface area contributed by atoms with E-state index < -0.39 is 4.92 Å². The number of nitro benzene ring substituents is 1. The SMILES string of the molecule is COc1cc(C=O)ccc1Oc1ccc([N+](=O)[O-])cc1. The second-order valence-corrected chi connectivity index (χ2v) is 3.88. The third-order valence-corrected chi connectivity index (χ3v) is 2.60. The molecule has 20 heavy (non-hydrogen) atoms. The van der Waals surface area contributed by atoms with Crippen LogP contribution in [0.25, 0.3) is 0 Å². The maximum absolute atomic E-state index is 10.7. The Morgan fingerprint density at radius 2 is 1.80 bits per heavy atom. The van der Waals surface area contributed by atoms with Crippen LogP contribution in [0.3, 0.4) is 0 Å². The summed E-state index contributed by atoms with van der Waals surface area (Å²) in [5.74, 6) is 1.27. The van der Waals surface area contributed by atoms with Crippen molar-refractivity contribution in [3.05, 3.63) is 58.1 Å². The Kier molecular flexibility index (Phi) is 3.95. The second-order valence-electron chi connectivity index (χ2n) is 3.88. The number of carbonyl (C=O) groups excluding carboxylic acids is 1. The van der Waals surface area contributed by atoms with Crippen LogP contribution in [0.4, 0.5) is 5.69 Å². The summed E-state index contributed by atoms with van der Waals surface area (Å²) in [5.41, 5.74) is 0.457. The highest BCUT2D eigenvalue weighted by molar-refractivity contribution is 5.76. The van der Waals surface area contributed by atoms with Crippen molar-refractivity contribution in [1.82, 2.24) is 0 Å². The van der Waals surface area contributed by atoms with E-state index in [1.807, 2.05) is 0 Å². The third-order valence-electron chi connectivity index (χ3n) is 2.60. The molecule has 6 heteroatoms. The summed E-state index contributed by atoms with van der Waals surface area (Å²) in [4.78, 5) is 20.8. The minimum absolute atomic E-state index is 0.0133. The van der Waals surface area contributed by atoms with Gasteiger partial charge in [0.15, 0.2) is 11.5 Å². The first-order valence-electron chi connectivity index (χ1n) is 5.69. The molecule has 0 aromatic heterocycles. The molecule has 0 bridgehead atoms. The van der Waals surface area contributed by atoms with Crippen LogP contribution in [0.2, 0.25) is 0 Å². The number of hydrogen-bond donors (Lipinski definition) is 0. The van der Waals surface area contributed by atoms with Crippen LogP contribution in [0.5, 0.6) is 17.2 Å². The summed E-state index contributed by atoms with van der Waals surface area (Å²) < 4.78 is 10.7. The van der Waals surface area contributed by atoms with Crippen molar-refractivity contribution in [2.24, 2.45) is 0 Å². The first-order valence-corrected chi connectivity index (χ1v) is 5.69. The molecule has 6 nitrogen and oxygen atoms in total. The zero-order valence-electron chi connectivity index (χ0n) is 10.6. The zero-order chi connectivity index (χ0) is 14.5. The van der Waals surface area contributed by atoms with Crippen LogP contribution in [0.15, 0.2) is 42.5 Å². The molecule has 0 saturated carbocycles. The summed E-state index contributed by atoms with van der Waals surface area (Å²) >= 11 is 0. The van der Waals surface area contributed by atoms with E-state index in [0.717, 1.165) is 0 Å². The van der Waals surface area contributed by atoms with Crippen LogP contribution < -0.4 is 9.47 Å². The molecule has 102 valence electrons. The first-order chi connectivity index (χ1) is 9.63. The topological polar surface area (TPSA) is 78.7 Å². The molecule has 2 aromatic carbocycles. The van der Waals surface area contributed by atoms with E-state index in [4.69, 9.17) is 9.47 Å². The Labute approximate surface area is 114 Å². The third kappa shape index (κ3) is 2.92. The van der Waals surface area contributed by atoms with Crippen molar-refractivity contribution in [3.8, 4) is 17.2 Å². The summed E-state index contributed by atoms with van der Waals surface area (Å²) in [7, 11) is 1.46. The van der Waals surface area contributed by atoms with Gasteiger partial charge in [-0.1, -0.05) is 0 Å². The van der Waals surface area contributed by atoms with E-state index in [1.54, 1.807) is 18.2 Å². The number of rotatable bonds is 5. The van der Waals surface area contributed by atoms with Crippen molar-refractivity contribution >= 4 is 12.0 Å². The zero-order valence-corrected chi connectivity index (χ0v) is 10.6. The highest BCUT2D eigenvalue weighted by Crippen LogP contribution is 2.32. The Bertz CT molecular complexity index is 637. The molecule has 0 fully saturated rings. The number of non-ortho nitro benzene ring substituents is 1. The van der Waals surface area contributed by atoms with Crippen LogP contribution in [-0.4, -0.2) is 18.3 Å². The number of hydrogen-bond acceptors (Lipinski definition) is 5. The lowest BCUT2D eigenvalue weighted by Crippen LogP contribution is -1.92. The van der Waals surface area contributed by atoms with Gasteiger partial charge >= 0.3 is 0 Å². The summed E-state index contributed by atoms with van der Waals surface area (Å²) in [5, 5.41) is 10.6. The molecule has 0 unspecified atom stereocenters. The number of methoxy groups -OCH3 is 1. The molecule has 0 aliphatic rings. The summed E-state index contributed by atoms with van der Waals surface area (Å²) in [6.07, 6.45) is 0.707. The summed E-state index contributed by atoms with van der Waals surface area (Å²) in [6, 6.07) is 10.4. The lowest BCUT2D eigenvalue weighted by atomic mass is 10.2. The fraction of sp³-hybridized carbons (Fsp3) is 0.0714. The normalized spacial score (nSPS) is 9.85. The lowest BCUT2D eigenvalue weighted by molar-refractivity contribution is -0.384. The van der Waals surface area contributed by atoms with E-state index in [-0.39, 0.29) is 5.69 Å². The van der Waals surface area contributed by atoms with Crippen molar-refractivity contribution in [3.63, 3.8) is 0 Å². The predicted octanol–water partition coefficient (Wildman–Crippen LogP) is 3.21. The minimum Gasteiger partial charge on any atom is -0.493 e. The van der Waals surface area contributed by atoms with Crippen molar-refractivity contribution in [2.45, 2.75) is 0 Å². The van der Waals surface area contributed by atoms with Gasteiger partial charge in [-0.05, 0) is 30.3 Å². The van der Waals surface area contributed by atoms with E-state index in [9.17, 15) is 14.9 Å². The molecule has 0 amide bonds. The van der Waals surface area contributed by atoms with E-state index in [2.05, 4.69) is 0 Å². The average molecular weight is 273 g/mol. The molecule has 0 atom stereocenters. The Morgan fingerprint density at radius 1 is 1.10 bits per heavy atom. The Balaban J connectivity index is 2.25. The largest absolute Gasteiger partial charge is 0.493 e. The monoisotopic (exact) mass is 273 g/mol. The number of benzene rings is 2. The van der Waals surface area contributed by atoms with Crippen molar-refractivity contribution in [2.75, 3.05) is 7.11 Å². The number of ether oxygens (including phenoxy) is 2. The fourth-order valence-corrected chi connectivity index (χ4v) is 1.60. The van der Waals surface area contributed by atoms with Crippen molar-refractivity contribution in [1.29, 1.82) is 0 Å². The molecule has 0 N–H and O–H groups in total. The molecular formula is C14H11NO5. The molecular weight excluding hydrogens is 262 g/mol. The van der Waals surface area contributed by atoms with Crippen LogP contribution in [0, 0.1) is 10.1 Å². The fourth-order valence-electron chi connectivity index (χ4n) is 1.60. The molecule has 0 heterocycles. The highest BCUT2D eigenvalue weighted by Gasteiger charge is 2.09. The van der Waals surface area contributed by atoms with Crippen LogP contribution in [0.1, 0.15) is 10.4 Å². The highest BCUT2D eigenvalue weighted by atomic mass is 16.6. The quantitative estimate of drug-likeness (QED) is 0.475. The molecule has 0 radical (unpaired) electrons. The maximum Gasteiger partial charge on any atom is 0.269 e. The first kappa shape index (κ1) is 13.5. The van der Waals surface area contributed by atoms with Gasteiger partial charge < -0.3 is 9.47 Å². The van der Waals surface area contributed by atoms with Gasteiger partial charge in [-0.15, -0.1) is 0 Å². The molecule has 2 rings (SSSR count). The van der Waals surface area contributed by atoms with Crippen LogP contribution in [-0.2, 0) is 0 Å². The van der Waals surface area contributed by atoms with Gasteiger partial charge in [0.05, 0.1) is 12.0 Å². The number of nitro groups is 1. The van der Waals surface area contributed by atoms with E-state index >= 15 is 0 Å². The van der Waals surface area contributed by atoms with Gasteiger partial charge in [0.1, 0.15) is 12.0 Å². The molecule has 0 aliphatic heterocycles. The number of nitrogens with zero attached hydrogens (tertiary/aromatic N) is 1. The van der Waals surface area contributed by atoms with Gasteiger partial charge in [-0.2, -0.15) is 0 Å². The van der Waals surface area contributed by atoms with Gasteiger partial charge in [0.25, 0.3) is 5.69 Å². The van der Waals surface area contributed by atoms with Crippen molar-refractivity contribution < 1.29 is 19.2 Å². The van der Waals surface area contributed by atoms with Gasteiger partial charge in [0.2, 0.25) is 0 Å². The van der Waals surface area contributed by atoms with E-state index in [1.165, 1.54) is 31.4 Å². The molecule has 0 spiro atoms. The van der Waals surface area contributed by atoms with Crippen LogP contribution >= 0.6 is 0 Å². The molecule has 0 saturated heterocycles. The standard InChI is InChI=1S/C14H11NO5/c1-19-14-8-10(9-16)2-7-13(14)20-12-5-3-11(4-6-12)15(17)18/h2-9H,1H3. The Hall–Kier alpha value is -2.89. The molecule has 2 aromatic rings. The molecule has 0 aliphatic carbocycles. The average Bonchev–Trinajstić information content (AvgIpc) is 2.48. The minimum atomic E-state index is -0.483. The number of aldehydes is 1. The van der Waals surface area contributed by atoms with Gasteiger partial charge in [-0.3, -0.25) is 14.9 Å². The Morgan fingerprint density at radius 3 is 2.35 bits per heavy atom. The lowest BCUT2D eigenvalue weighted by Gasteiger charge is -2.10. The smallest absolute Gasteiger partial charge is 0.269 e. The maximum atomic E-state index is 10.7. The number of carbonyl (C=O) groups is 1. The van der Waals surface area contributed by atoms with E-state index in [0.29, 0.717) is 29.1 Å². The van der Waals surface area contributed by atoms with Gasteiger partial charge in [-0.25, -0.2) is 0 Å². The summed E-state index contributed by atoms with van der Waals surface area (Å²) in [6.45, 7) is 0. The predicted molar refractivity (Wildman–Crippen MR) is 71.6 cm³/mol. The van der Waals surface area contributed by atoms with Gasteiger partial charge in [0, 0.05) is 17.7 Å². The second kappa shape index (κ2) is 5.83.